The molecule has 0 spiro atoms. The molecule has 0 radical (unpaired) electrons. The van der Waals surface area contributed by atoms with Crippen LogP contribution < -0.4 is 0 Å². The zero-order chi connectivity index (χ0) is 10.3. The minimum atomic E-state index is -0.241. The Morgan fingerprint density at radius 2 is 1.87 bits per heavy atom. The molecule has 0 unspecified atom stereocenters. The van der Waals surface area contributed by atoms with E-state index in [1.54, 1.807) is 0 Å². The van der Waals surface area contributed by atoms with Gasteiger partial charge in [-0.15, -0.1) is 0 Å². The van der Waals surface area contributed by atoms with Gasteiger partial charge in [-0.1, -0.05) is 30.3 Å². The first-order chi connectivity index (χ1) is 7.34. The molecule has 2 bridgehead atoms. The molecule has 0 saturated carbocycles. The molecule has 1 aromatic rings. The van der Waals surface area contributed by atoms with Crippen molar-refractivity contribution in [1.82, 2.24) is 0 Å². The van der Waals surface area contributed by atoms with Gasteiger partial charge in [-0.25, -0.2) is 0 Å². The van der Waals surface area contributed by atoms with E-state index in [4.69, 9.17) is 4.74 Å². The van der Waals surface area contributed by atoms with Crippen LogP contribution in [0.4, 0.5) is 0 Å². The Bertz CT molecular complexity index is 336. The molecule has 2 nitrogen and oxygen atoms in total. The molecule has 2 fully saturated rings. The predicted octanol–water partition coefficient (Wildman–Crippen LogP) is 2.08. The summed E-state index contributed by atoms with van der Waals surface area (Å²) in [6, 6.07) is 10.5. The normalized spacial score (nSPS) is 39.3. The van der Waals surface area contributed by atoms with Gasteiger partial charge in [0.05, 0.1) is 18.3 Å². The van der Waals surface area contributed by atoms with E-state index in [0.717, 1.165) is 19.3 Å². The number of benzene rings is 1. The van der Waals surface area contributed by atoms with E-state index < -0.39 is 0 Å². The van der Waals surface area contributed by atoms with E-state index in [9.17, 15) is 5.11 Å². The van der Waals surface area contributed by atoms with Crippen molar-refractivity contribution in [3.05, 3.63) is 35.9 Å². The molecule has 2 saturated heterocycles. The van der Waals surface area contributed by atoms with Gasteiger partial charge in [0, 0.05) is 5.92 Å². The molecule has 0 aromatic heterocycles. The molecule has 0 amide bonds. The molecular formula is C13H16O2. The molecule has 2 aliphatic rings. The maximum atomic E-state index is 9.74. The summed E-state index contributed by atoms with van der Waals surface area (Å²) in [6.45, 7) is 0. The third-order valence-electron chi connectivity index (χ3n) is 3.69. The first-order valence-electron chi connectivity index (χ1n) is 5.73. The van der Waals surface area contributed by atoms with Crippen LogP contribution in [0.3, 0.4) is 0 Å². The van der Waals surface area contributed by atoms with E-state index in [1.807, 2.05) is 6.07 Å². The molecular weight excluding hydrogens is 188 g/mol. The quantitative estimate of drug-likeness (QED) is 0.759. The minimum absolute atomic E-state index is 0.0777. The number of rotatable bonds is 1. The Balaban J connectivity index is 1.85. The summed E-state index contributed by atoms with van der Waals surface area (Å²) < 4.78 is 5.83. The molecule has 2 aliphatic heterocycles. The van der Waals surface area contributed by atoms with E-state index >= 15 is 0 Å². The highest BCUT2D eigenvalue weighted by Crippen LogP contribution is 2.42. The zero-order valence-corrected chi connectivity index (χ0v) is 8.67. The van der Waals surface area contributed by atoms with E-state index in [-0.39, 0.29) is 12.2 Å². The minimum Gasteiger partial charge on any atom is -0.390 e. The lowest BCUT2D eigenvalue weighted by Gasteiger charge is -2.26. The Morgan fingerprint density at radius 1 is 1.07 bits per heavy atom. The summed E-state index contributed by atoms with van der Waals surface area (Å²) in [7, 11) is 0. The summed E-state index contributed by atoms with van der Waals surface area (Å²) in [6.07, 6.45) is 3.05. The SMILES string of the molecule is O[C@H]1CC[C@@H]2O[C@H]1C[C@@H]2c1ccccc1. The second-order valence-corrected chi connectivity index (χ2v) is 4.61. The molecule has 2 heterocycles. The molecule has 15 heavy (non-hydrogen) atoms. The van der Waals surface area contributed by atoms with Crippen molar-refractivity contribution >= 4 is 0 Å². The smallest absolute Gasteiger partial charge is 0.0844 e. The number of fused-ring (bicyclic) bond motifs is 2. The van der Waals surface area contributed by atoms with Gasteiger partial charge < -0.3 is 9.84 Å². The Morgan fingerprint density at radius 3 is 2.60 bits per heavy atom. The van der Waals surface area contributed by atoms with E-state index in [2.05, 4.69) is 24.3 Å². The zero-order valence-electron chi connectivity index (χ0n) is 8.67. The fraction of sp³-hybridized carbons (Fsp3) is 0.538. The molecule has 1 N–H and O–H groups in total. The molecule has 1 aromatic carbocycles. The van der Waals surface area contributed by atoms with Crippen molar-refractivity contribution in [2.45, 2.75) is 43.5 Å². The van der Waals surface area contributed by atoms with Crippen LogP contribution in [0.5, 0.6) is 0 Å². The molecule has 80 valence electrons. The van der Waals surface area contributed by atoms with Crippen molar-refractivity contribution in [3.63, 3.8) is 0 Å². The molecule has 0 aliphatic carbocycles. The van der Waals surface area contributed by atoms with Gasteiger partial charge in [-0.05, 0) is 24.8 Å². The van der Waals surface area contributed by atoms with Crippen molar-refractivity contribution in [2.75, 3.05) is 0 Å². The number of ether oxygens (including phenoxy) is 1. The Labute approximate surface area is 89.9 Å². The van der Waals surface area contributed by atoms with E-state index in [1.165, 1.54) is 5.56 Å². The highest BCUT2D eigenvalue weighted by atomic mass is 16.5. The third-order valence-corrected chi connectivity index (χ3v) is 3.69. The predicted molar refractivity (Wildman–Crippen MR) is 57.7 cm³/mol. The second-order valence-electron chi connectivity index (χ2n) is 4.61. The lowest BCUT2D eigenvalue weighted by atomic mass is 9.91. The number of aliphatic hydroxyl groups excluding tert-OH is 1. The summed E-state index contributed by atoms with van der Waals surface area (Å²) in [5.41, 5.74) is 1.36. The van der Waals surface area contributed by atoms with Gasteiger partial charge >= 0.3 is 0 Å². The monoisotopic (exact) mass is 204 g/mol. The number of hydrogen-bond donors (Lipinski definition) is 1. The van der Waals surface area contributed by atoms with Crippen molar-refractivity contribution in [3.8, 4) is 0 Å². The van der Waals surface area contributed by atoms with Gasteiger partial charge in [0.25, 0.3) is 0 Å². The van der Waals surface area contributed by atoms with Crippen LogP contribution >= 0.6 is 0 Å². The van der Waals surface area contributed by atoms with Crippen molar-refractivity contribution in [2.24, 2.45) is 0 Å². The van der Waals surface area contributed by atoms with Crippen LogP contribution in [0.25, 0.3) is 0 Å². The van der Waals surface area contributed by atoms with Crippen LogP contribution in [0.1, 0.15) is 30.7 Å². The van der Waals surface area contributed by atoms with Crippen LogP contribution in [0.15, 0.2) is 30.3 Å². The maximum absolute atomic E-state index is 9.74. The first kappa shape index (κ1) is 9.37. The largest absolute Gasteiger partial charge is 0.390 e. The van der Waals surface area contributed by atoms with Gasteiger partial charge in [-0.2, -0.15) is 0 Å². The van der Waals surface area contributed by atoms with Crippen LogP contribution in [0, 0.1) is 0 Å². The highest BCUT2D eigenvalue weighted by molar-refractivity contribution is 5.23. The van der Waals surface area contributed by atoms with Gasteiger partial charge in [-0.3, -0.25) is 0 Å². The lowest BCUT2D eigenvalue weighted by Crippen LogP contribution is -2.31. The molecule has 3 rings (SSSR count). The Kier molecular flexibility index (Phi) is 2.26. The average molecular weight is 204 g/mol. The topological polar surface area (TPSA) is 29.5 Å². The van der Waals surface area contributed by atoms with Gasteiger partial charge in [0.1, 0.15) is 0 Å². The molecule has 4 atom stereocenters. The second kappa shape index (κ2) is 3.62. The Hall–Kier alpha value is -0.860. The first-order valence-corrected chi connectivity index (χ1v) is 5.73. The lowest BCUT2D eigenvalue weighted by molar-refractivity contribution is -0.0762. The number of hydrogen-bond acceptors (Lipinski definition) is 2. The summed E-state index contributed by atoms with van der Waals surface area (Å²) in [5.74, 6) is 0.494. The van der Waals surface area contributed by atoms with Gasteiger partial charge in [0.2, 0.25) is 0 Å². The number of aliphatic hydroxyl groups is 1. The summed E-state index contributed by atoms with van der Waals surface area (Å²) in [5, 5.41) is 9.74. The third kappa shape index (κ3) is 1.58. The standard InChI is InChI=1S/C13H16O2/c14-11-6-7-12-10(8-13(11)15-12)9-4-2-1-3-5-9/h1-5,10-14H,6-8H2/t10-,11+,12+,13+/m1/s1. The fourth-order valence-corrected chi connectivity index (χ4v) is 2.87. The van der Waals surface area contributed by atoms with Crippen LogP contribution in [-0.2, 0) is 4.74 Å². The van der Waals surface area contributed by atoms with Gasteiger partial charge in [0.15, 0.2) is 0 Å². The van der Waals surface area contributed by atoms with Crippen LogP contribution in [-0.4, -0.2) is 23.4 Å². The maximum Gasteiger partial charge on any atom is 0.0844 e. The highest BCUT2D eigenvalue weighted by Gasteiger charge is 2.42. The van der Waals surface area contributed by atoms with Crippen molar-refractivity contribution < 1.29 is 9.84 Å². The average Bonchev–Trinajstić information content (AvgIpc) is 2.65. The summed E-state index contributed by atoms with van der Waals surface area (Å²) >= 11 is 0. The summed E-state index contributed by atoms with van der Waals surface area (Å²) in [4.78, 5) is 0. The van der Waals surface area contributed by atoms with Crippen LogP contribution in [0.2, 0.25) is 0 Å². The van der Waals surface area contributed by atoms with E-state index in [0.29, 0.717) is 12.0 Å². The molecule has 2 heteroatoms. The van der Waals surface area contributed by atoms with Crippen molar-refractivity contribution in [1.29, 1.82) is 0 Å². The fourth-order valence-electron chi connectivity index (χ4n) is 2.87.